The van der Waals surface area contributed by atoms with Crippen molar-refractivity contribution < 1.29 is 29.6 Å². The summed E-state index contributed by atoms with van der Waals surface area (Å²) in [6.45, 7) is 0. The third-order valence-electron chi connectivity index (χ3n) is 2.81. The maximum absolute atomic E-state index is 11.2. The highest BCUT2D eigenvalue weighted by molar-refractivity contribution is 7.96. The quantitative estimate of drug-likeness (QED) is 0.550. The molecule has 1 aliphatic heterocycles. The van der Waals surface area contributed by atoms with E-state index in [1.807, 2.05) is 0 Å². The number of thiol groups is 1. The van der Waals surface area contributed by atoms with Crippen LogP contribution in [0.15, 0.2) is 30.3 Å². The number of para-hydroxylation sites is 1. The van der Waals surface area contributed by atoms with Crippen molar-refractivity contribution in [1.29, 1.82) is 0 Å². The zero-order chi connectivity index (χ0) is 14.0. The minimum Gasteiger partial charge on any atom is -0.462 e. The second-order valence-corrected chi connectivity index (χ2v) is 4.61. The van der Waals surface area contributed by atoms with Gasteiger partial charge in [-0.15, -0.1) is 12.6 Å². The molecule has 1 aromatic carbocycles. The molecule has 0 unspecified atom stereocenters. The fraction of sp³-hybridized carbons (Fsp3) is 0.417. The lowest BCUT2D eigenvalue weighted by Crippen LogP contribution is -2.60. The summed E-state index contributed by atoms with van der Waals surface area (Å²) in [6, 6.07) is 8.48. The van der Waals surface area contributed by atoms with Gasteiger partial charge in [-0.3, -0.25) is 4.79 Å². The molecule has 0 radical (unpaired) electrons. The van der Waals surface area contributed by atoms with Crippen LogP contribution in [0.2, 0.25) is 0 Å². The molecule has 0 bridgehead atoms. The van der Waals surface area contributed by atoms with Gasteiger partial charge in [0.15, 0.2) is 6.10 Å². The Morgan fingerprint density at radius 1 is 1.11 bits per heavy atom. The maximum atomic E-state index is 11.2. The Hall–Kier alpha value is -1.12. The molecule has 0 aliphatic carbocycles. The highest BCUT2D eigenvalue weighted by Gasteiger charge is 2.47. The number of hydrogen-bond donors (Lipinski definition) is 4. The van der Waals surface area contributed by atoms with E-state index in [-0.39, 0.29) is 0 Å². The first-order valence-corrected chi connectivity index (χ1v) is 6.09. The molecule has 2 rings (SSSR count). The van der Waals surface area contributed by atoms with Crippen LogP contribution in [0.1, 0.15) is 0 Å². The lowest BCUT2D eigenvalue weighted by atomic mass is 9.99. The number of hydrogen-bond acceptors (Lipinski definition) is 6. The van der Waals surface area contributed by atoms with Crippen LogP contribution in [0.3, 0.4) is 0 Å². The van der Waals surface area contributed by atoms with Crippen molar-refractivity contribution in [2.45, 2.75) is 30.7 Å². The van der Waals surface area contributed by atoms with Gasteiger partial charge in [0.1, 0.15) is 24.1 Å². The molecule has 19 heavy (non-hydrogen) atoms. The highest BCUT2D eigenvalue weighted by atomic mass is 32.1. The van der Waals surface area contributed by atoms with E-state index in [1.165, 1.54) is 0 Å². The smallest absolute Gasteiger partial charge is 0.229 e. The zero-order valence-corrected chi connectivity index (χ0v) is 10.7. The monoisotopic (exact) mass is 286 g/mol. The van der Waals surface area contributed by atoms with Gasteiger partial charge < -0.3 is 24.8 Å². The van der Waals surface area contributed by atoms with Crippen LogP contribution in [0, 0.1) is 0 Å². The molecule has 1 heterocycles. The molecule has 0 aromatic heterocycles. The van der Waals surface area contributed by atoms with Gasteiger partial charge in [0.2, 0.25) is 11.4 Å². The molecule has 7 heteroatoms. The molecule has 104 valence electrons. The molecule has 0 saturated carbocycles. The lowest BCUT2D eigenvalue weighted by Gasteiger charge is -2.38. The maximum Gasteiger partial charge on any atom is 0.229 e. The molecule has 0 amide bonds. The summed E-state index contributed by atoms with van der Waals surface area (Å²) in [7, 11) is 0. The number of aliphatic hydroxyl groups excluding tert-OH is 3. The number of carbonyl (C=O) groups is 1. The van der Waals surface area contributed by atoms with Crippen molar-refractivity contribution in [3.63, 3.8) is 0 Å². The molecular formula is C12H14O6S. The SMILES string of the molecule is O=C(S)[C@H]1O[C@@H](Oc2ccccc2)[C@H](O)[C@@H](O)[C@@H]1O. The number of ether oxygens (including phenoxy) is 2. The second kappa shape index (κ2) is 5.89. The van der Waals surface area contributed by atoms with Gasteiger partial charge >= 0.3 is 0 Å². The summed E-state index contributed by atoms with van der Waals surface area (Å²) in [5.74, 6) is 0.403. The molecule has 6 nitrogen and oxygen atoms in total. The fourth-order valence-corrected chi connectivity index (χ4v) is 2.00. The largest absolute Gasteiger partial charge is 0.462 e. The summed E-state index contributed by atoms with van der Waals surface area (Å²) >= 11 is 3.57. The van der Waals surface area contributed by atoms with Crippen molar-refractivity contribution in [2.24, 2.45) is 0 Å². The van der Waals surface area contributed by atoms with Gasteiger partial charge in [-0.2, -0.15) is 0 Å². The Kier molecular flexibility index (Phi) is 4.43. The highest BCUT2D eigenvalue weighted by Crippen LogP contribution is 2.25. The summed E-state index contributed by atoms with van der Waals surface area (Å²) in [5.41, 5.74) is 0. The predicted molar refractivity (Wildman–Crippen MR) is 67.7 cm³/mol. The number of carbonyl (C=O) groups excluding carboxylic acids is 1. The third kappa shape index (κ3) is 3.07. The van der Waals surface area contributed by atoms with E-state index >= 15 is 0 Å². The normalized spacial score (nSPS) is 34.8. The van der Waals surface area contributed by atoms with Gasteiger partial charge in [-0.1, -0.05) is 18.2 Å². The van der Waals surface area contributed by atoms with Gasteiger partial charge in [-0.25, -0.2) is 0 Å². The predicted octanol–water partition coefficient (Wildman–Crippen LogP) is -0.671. The number of rotatable bonds is 3. The van der Waals surface area contributed by atoms with Crippen molar-refractivity contribution in [3.05, 3.63) is 30.3 Å². The van der Waals surface area contributed by atoms with Crippen LogP contribution in [0.4, 0.5) is 0 Å². The molecule has 1 saturated heterocycles. The Bertz CT molecular complexity index is 439. The van der Waals surface area contributed by atoms with E-state index in [0.29, 0.717) is 5.75 Å². The van der Waals surface area contributed by atoms with E-state index in [2.05, 4.69) is 12.6 Å². The average molecular weight is 286 g/mol. The fourth-order valence-electron chi connectivity index (χ4n) is 1.78. The van der Waals surface area contributed by atoms with Crippen molar-refractivity contribution in [1.82, 2.24) is 0 Å². The standard InChI is InChI=1S/C12H14O6S/c13-7-8(14)10(11(16)19)18-12(9(7)15)17-6-4-2-1-3-5-6/h1-5,7-10,12-15H,(H,16,19)/t7-,8-,9+,10-,12+/m0/s1. The molecule has 1 aliphatic rings. The third-order valence-corrected chi connectivity index (χ3v) is 3.06. The van der Waals surface area contributed by atoms with Crippen LogP contribution in [-0.4, -0.2) is 51.1 Å². The molecule has 0 spiro atoms. The van der Waals surface area contributed by atoms with Crippen LogP contribution < -0.4 is 4.74 Å². The minimum absolute atomic E-state index is 0.403. The Labute approximate surface area is 115 Å². The molecule has 1 aromatic rings. The van der Waals surface area contributed by atoms with E-state index in [0.717, 1.165) is 0 Å². The first kappa shape index (κ1) is 14.3. The average Bonchev–Trinajstić information content (AvgIpc) is 2.40. The van der Waals surface area contributed by atoms with Crippen LogP contribution in [-0.2, 0) is 9.53 Å². The van der Waals surface area contributed by atoms with E-state index in [1.54, 1.807) is 30.3 Å². The second-order valence-electron chi connectivity index (χ2n) is 4.17. The van der Waals surface area contributed by atoms with E-state index in [4.69, 9.17) is 9.47 Å². The Morgan fingerprint density at radius 2 is 1.74 bits per heavy atom. The van der Waals surface area contributed by atoms with E-state index in [9.17, 15) is 20.1 Å². The van der Waals surface area contributed by atoms with Crippen LogP contribution in [0.5, 0.6) is 5.75 Å². The van der Waals surface area contributed by atoms with Gasteiger partial charge in [0.05, 0.1) is 0 Å². The zero-order valence-electron chi connectivity index (χ0n) is 9.79. The summed E-state index contributed by atoms with van der Waals surface area (Å²) in [5, 5.41) is 28.3. The summed E-state index contributed by atoms with van der Waals surface area (Å²) < 4.78 is 10.5. The van der Waals surface area contributed by atoms with Gasteiger partial charge in [0.25, 0.3) is 0 Å². The molecule has 1 fully saturated rings. The molecule has 3 N–H and O–H groups in total. The Morgan fingerprint density at radius 3 is 2.32 bits per heavy atom. The number of aliphatic hydroxyl groups is 3. The minimum atomic E-state index is -1.55. The van der Waals surface area contributed by atoms with Gasteiger partial charge in [0, 0.05) is 0 Å². The van der Waals surface area contributed by atoms with Crippen molar-refractivity contribution >= 4 is 17.7 Å². The Balaban J connectivity index is 2.13. The summed E-state index contributed by atoms with van der Waals surface area (Å²) in [6.07, 6.45) is -7.18. The van der Waals surface area contributed by atoms with E-state index < -0.39 is 35.8 Å². The van der Waals surface area contributed by atoms with Crippen LogP contribution in [0.25, 0.3) is 0 Å². The first-order valence-electron chi connectivity index (χ1n) is 5.65. The van der Waals surface area contributed by atoms with Crippen molar-refractivity contribution in [2.75, 3.05) is 0 Å². The lowest BCUT2D eigenvalue weighted by molar-refractivity contribution is -0.264. The first-order chi connectivity index (χ1) is 9.00. The molecular weight excluding hydrogens is 272 g/mol. The topological polar surface area (TPSA) is 96.2 Å². The van der Waals surface area contributed by atoms with Gasteiger partial charge in [-0.05, 0) is 12.1 Å². The van der Waals surface area contributed by atoms with Crippen LogP contribution >= 0.6 is 12.6 Å². The van der Waals surface area contributed by atoms with Crippen molar-refractivity contribution in [3.8, 4) is 5.75 Å². The summed E-state index contributed by atoms with van der Waals surface area (Å²) in [4.78, 5) is 11.2. The number of benzene rings is 1. The molecule has 5 atom stereocenters.